The van der Waals surface area contributed by atoms with E-state index < -0.39 is 0 Å². The summed E-state index contributed by atoms with van der Waals surface area (Å²) < 4.78 is 0. The van der Waals surface area contributed by atoms with Gasteiger partial charge in [-0.25, -0.2) is 0 Å². The average Bonchev–Trinajstić information content (AvgIpc) is 3.36. The van der Waals surface area contributed by atoms with Gasteiger partial charge in [0.15, 0.2) is 0 Å². The first kappa shape index (κ1) is 38.0. The number of rotatable bonds is 9. The molecule has 0 bridgehead atoms. The zero-order valence-corrected chi connectivity index (χ0v) is 35.2. The van der Waals surface area contributed by atoms with E-state index in [-0.39, 0.29) is 11.8 Å². The van der Waals surface area contributed by atoms with E-state index in [1.54, 1.807) is 0 Å². The summed E-state index contributed by atoms with van der Waals surface area (Å²) in [6.07, 6.45) is 4.89. The molecule has 63 heavy (non-hydrogen) atoms. The Morgan fingerprint density at radius 2 is 0.825 bits per heavy atom. The minimum atomic E-state index is 0.193. The van der Waals surface area contributed by atoms with E-state index in [9.17, 15) is 0 Å². The molecule has 11 rings (SSSR count). The molecule has 1 aliphatic carbocycles. The molecule has 0 aliphatic heterocycles. The molecule has 2 nitrogen and oxygen atoms in total. The summed E-state index contributed by atoms with van der Waals surface area (Å²) in [6, 6.07) is 86.0. The van der Waals surface area contributed by atoms with Gasteiger partial charge in [-0.05, 0) is 104 Å². The third-order valence-electron chi connectivity index (χ3n) is 12.8. The van der Waals surface area contributed by atoms with Gasteiger partial charge in [-0.1, -0.05) is 201 Å². The summed E-state index contributed by atoms with van der Waals surface area (Å²) in [5, 5.41) is 7.33. The zero-order valence-electron chi connectivity index (χ0n) is 35.2. The van der Waals surface area contributed by atoms with E-state index in [1.165, 1.54) is 71.5 Å². The van der Waals surface area contributed by atoms with Crippen LogP contribution in [0.1, 0.15) is 24.0 Å². The van der Waals surface area contributed by atoms with Crippen LogP contribution in [-0.2, 0) is 0 Å². The SMILES string of the molecule is CC1C(N(c2ccc(-c3ccc(N(c4ccc5ccccc5c4)c4cccc5ccccc45)cc3)cc2)c2cccc3ccccc23)=CC(c2ccccc2)=CC1c1ccccc1. The molecule has 0 heterocycles. The Balaban J connectivity index is 0.999. The van der Waals surface area contributed by atoms with Gasteiger partial charge < -0.3 is 9.80 Å². The van der Waals surface area contributed by atoms with Crippen LogP contribution in [0.15, 0.2) is 254 Å². The number of allylic oxidation sites excluding steroid dienone is 4. The molecule has 0 radical (unpaired) electrons. The van der Waals surface area contributed by atoms with Crippen molar-refractivity contribution in [1.82, 2.24) is 0 Å². The Morgan fingerprint density at radius 1 is 0.349 bits per heavy atom. The Hall–Kier alpha value is -7.94. The van der Waals surface area contributed by atoms with E-state index in [0.717, 1.165) is 22.7 Å². The highest BCUT2D eigenvalue weighted by Gasteiger charge is 2.31. The van der Waals surface area contributed by atoms with Gasteiger partial charge in [0.25, 0.3) is 0 Å². The molecular formula is C61H46N2. The van der Waals surface area contributed by atoms with E-state index in [1.807, 2.05) is 0 Å². The third kappa shape index (κ3) is 7.26. The molecule has 0 fully saturated rings. The molecule has 2 atom stereocenters. The monoisotopic (exact) mass is 806 g/mol. The molecular weight excluding hydrogens is 761 g/mol. The number of hydrogen-bond donors (Lipinski definition) is 0. The fraction of sp³-hybridized carbons (Fsp3) is 0.0492. The highest BCUT2D eigenvalue weighted by Crippen LogP contribution is 2.47. The fourth-order valence-corrected chi connectivity index (χ4v) is 9.58. The van der Waals surface area contributed by atoms with Crippen molar-refractivity contribution in [2.24, 2.45) is 5.92 Å². The summed E-state index contributed by atoms with van der Waals surface area (Å²) in [5.74, 6) is 0.387. The summed E-state index contributed by atoms with van der Waals surface area (Å²) in [7, 11) is 0. The molecule has 0 saturated carbocycles. The van der Waals surface area contributed by atoms with Crippen molar-refractivity contribution in [3.63, 3.8) is 0 Å². The lowest BCUT2D eigenvalue weighted by Crippen LogP contribution is -2.27. The molecule has 1 aliphatic rings. The van der Waals surface area contributed by atoms with Gasteiger partial charge in [0, 0.05) is 45.4 Å². The second-order valence-electron chi connectivity index (χ2n) is 16.6. The van der Waals surface area contributed by atoms with Crippen LogP contribution in [0.25, 0.3) is 49.0 Å². The molecule has 2 heteroatoms. The van der Waals surface area contributed by atoms with Crippen LogP contribution in [0.2, 0.25) is 0 Å². The van der Waals surface area contributed by atoms with Crippen molar-refractivity contribution < 1.29 is 0 Å². The smallest absolute Gasteiger partial charge is 0.0540 e. The predicted octanol–water partition coefficient (Wildman–Crippen LogP) is 16.8. The molecule has 2 unspecified atom stereocenters. The summed E-state index contributed by atoms with van der Waals surface area (Å²) in [4.78, 5) is 4.90. The standard InChI is InChI=1S/C61H46N2/c1-43-58(50-19-6-3-7-20-50)41-52(44-16-4-2-5-17-44)42-61(43)63(60-29-15-25-49-22-11-13-27-57(49)60)54-37-32-47(33-38-54)46-30-35-53(36-31-46)62(55-39-34-45-18-8-9-23-51(45)40-55)59-28-14-24-48-21-10-12-26-56(48)59/h2-43,58H,1H3. The molecule has 300 valence electrons. The summed E-state index contributed by atoms with van der Waals surface area (Å²) in [6.45, 7) is 2.38. The first-order valence-electron chi connectivity index (χ1n) is 22.0. The normalized spacial score (nSPS) is 14.9. The molecule has 10 aromatic rings. The third-order valence-corrected chi connectivity index (χ3v) is 12.8. The highest BCUT2D eigenvalue weighted by atomic mass is 15.2. The number of hydrogen-bond acceptors (Lipinski definition) is 2. The molecule has 0 amide bonds. The van der Waals surface area contributed by atoms with Crippen LogP contribution in [-0.4, -0.2) is 0 Å². The lowest BCUT2D eigenvalue weighted by atomic mass is 9.78. The van der Waals surface area contributed by atoms with Crippen molar-refractivity contribution >= 4 is 66.3 Å². The topological polar surface area (TPSA) is 6.48 Å². The second kappa shape index (κ2) is 16.5. The Morgan fingerprint density at radius 3 is 1.44 bits per heavy atom. The van der Waals surface area contributed by atoms with E-state index in [4.69, 9.17) is 0 Å². The fourth-order valence-electron chi connectivity index (χ4n) is 9.58. The van der Waals surface area contributed by atoms with E-state index in [2.05, 4.69) is 265 Å². The Kier molecular flexibility index (Phi) is 9.95. The number of anilines is 5. The Labute approximate surface area is 370 Å². The number of nitrogens with zero attached hydrogens (tertiary/aromatic N) is 2. The van der Waals surface area contributed by atoms with Crippen LogP contribution in [0.5, 0.6) is 0 Å². The molecule has 10 aromatic carbocycles. The van der Waals surface area contributed by atoms with E-state index >= 15 is 0 Å². The average molecular weight is 807 g/mol. The van der Waals surface area contributed by atoms with Gasteiger partial charge in [0.1, 0.15) is 0 Å². The molecule has 0 aromatic heterocycles. The largest absolute Gasteiger partial charge is 0.313 e. The number of fused-ring (bicyclic) bond motifs is 3. The first-order valence-corrected chi connectivity index (χ1v) is 22.0. The maximum absolute atomic E-state index is 2.51. The van der Waals surface area contributed by atoms with Crippen LogP contribution < -0.4 is 9.80 Å². The number of benzene rings is 10. The minimum absolute atomic E-state index is 0.193. The van der Waals surface area contributed by atoms with E-state index in [0.29, 0.717) is 0 Å². The van der Waals surface area contributed by atoms with Crippen molar-refractivity contribution in [3.05, 3.63) is 266 Å². The van der Waals surface area contributed by atoms with Crippen molar-refractivity contribution in [2.45, 2.75) is 12.8 Å². The van der Waals surface area contributed by atoms with Crippen LogP contribution in [0.4, 0.5) is 28.4 Å². The lowest BCUT2D eigenvalue weighted by molar-refractivity contribution is 0.590. The van der Waals surface area contributed by atoms with Gasteiger partial charge in [-0.2, -0.15) is 0 Å². The maximum Gasteiger partial charge on any atom is 0.0540 e. The first-order chi connectivity index (χ1) is 31.2. The Bertz CT molecular complexity index is 3280. The maximum atomic E-state index is 2.51. The molecule has 0 spiro atoms. The summed E-state index contributed by atoms with van der Waals surface area (Å²) >= 11 is 0. The highest BCUT2D eigenvalue weighted by molar-refractivity contribution is 6.01. The molecule has 0 N–H and O–H groups in total. The second-order valence-corrected chi connectivity index (χ2v) is 16.6. The zero-order chi connectivity index (χ0) is 42.1. The van der Waals surface area contributed by atoms with Crippen molar-refractivity contribution in [3.8, 4) is 11.1 Å². The van der Waals surface area contributed by atoms with Gasteiger partial charge in [0.2, 0.25) is 0 Å². The van der Waals surface area contributed by atoms with Crippen molar-refractivity contribution in [1.29, 1.82) is 0 Å². The van der Waals surface area contributed by atoms with Crippen molar-refractivity contribution in [2.75, 3.05) is 9.80 Å². The summed E-state index contributed by atoms with van der Waals surface area (Å²) in [5.41, 5.74) is 13.1. The van der Waals surface area contributed by atoms with Gasteiger partial charge >= 0.3 is 0 Å². The predicted molar refractivity (Wildman–Crippen MR) is 269 cm³/mol. The van der Waals surface area contributed by atoms with Crippen LogP contribution in [0.3, 0.4) is 0 Å². The molecule has 0 saturated heterocycles. The van der Waals surface area contributed by atoms with Crippen LogP contribution >= 0.6 is 0 Å². The quantitative estimate of drug-likeness (QED) is 0.143. The van der Waals surface area contributed by atoms with Gasteiger partial charge in [-0.3, -0.25) is 0 Å². The van der Waals surface area contributed by atoms with Gasteiger partial charge in [-0.15, -0.1) is 0 Å². The van der Waals surface area contributed by atoms with Gasteiger partial charge in [0.05, 0.1) is 11.4 Å². The lowest BCUT2D eigenvalue weighted by Gasteiger charge is -2.38. The minimum Gasteiger partial charge on any atom is -0.313 e. The van der Waals surface area contributed by atoms with Crippen LogP contribution in [0, 0.1) is 5.92 Å².